The van der Waals surface area contributed by atoms with Gasteiger partial charge in [-0.05, 0) is 56.0 Å². The fourth-order valence-electron chi connectivity index (χ4n) is 2.14. The lowest BCUT2D eigenvalue weighted by Gasteiger charge is -2.17. The molecule has 0 amide bonds. The summed E-state index contributed by atoms with van der Waals surface area (Å²) in [5.74, 6) is 0.143. The lowest BCUT2D eigenvalue weighted by Crippen LogP contribution is -2.26. The molecule has 20 heavy (non-hydrogen) atoms. The maximum Gasteiger partial charge on any atom is 0.147 e. The Morgan fingerprint density at radius 3 is 2.70 bits per heavy atom. The molecular formula is C15H24FNO2S. The molecular weight excluding hydrogens is 277 g/mol. The zero-order chi connectivity index (χ0) is 15.0. The van der Waals surface area contributed by atoms with Gasteiger partial charge in [-0.25, -0.2) is 12.8 Å². The molecule has 0 heterocycles. The van der Waals surface area contributed by atoms with Crippen molar-refractivity contribution in [2.24, 2.45) is 5.92 Å². The van der Waals surface area contributed by atoms with Crippen molar-refractivity contribution < 1.29 is 12.8 Å². The Kier molecular flexibility index (Phi) is 7.16. The summed E-state index contributed by atoms with van der Waals surface area (Å²) in [6, 6.07) is 6.52. The van der Waals surface area contributed by atoms with Gasteiger partial charge in [0.15, 0.2) is 0 Å². The van der Waals surface area contributed by atoms with E-state index in [4.69, 9.17) is 0 Å². The molecule has 0 aliphatic rings. The van der Waals surface area contributed by atoms with Gasteiger partial charge in [0.05, 0.1) is 5.75 Å². The minimum absolute atomic E-state index is 0.181. The minimum Gasteiger partial charge on any atom is -0.316 e. The van der Waals surface area contributed by atoms with Gasteiger partial charge >= 0.3 is 0 Å². The first-order chi connectivity index (χ1) is 9.40. The van der Waals surface area contributed by atoms with Gasteiger partial charge in [0, 0.05) is 6.26 Å². The number of sulfone groups is 1. The number of rotatable bonds is 9. The monoisotopic (exact) mass is 301 g/mol. The molecule has 0 fully saturated rings. The summed E-state index contributed by atoms with van der Waals surface area (Å²) < 4.78 is 35.8. The molecule has 0 aromatic heterocycles. The quantitative estimate of drug-likeness (QED) is 0.713. The predicted octanol–water partition coefficient (Wildman–Crippen LogP) is 2.42. The van der Waals surface area contributed by atoms with E-state index >= 15 is 0 Å². The van der Waals surface area contributed by atoms with Crippen LogP contribution in [0.1, 0.15) is 25.3 Å². The Bertz CT molecular complexity index is 502. The summed E-state index contributed by atoms with van der Waals surface area (Å²) in [5, 5.41) is 3.32. The highest BCUT2D eigenvalue weighted by molar-refractivity contribution is 7.90. The average Bonchev–Trinajstić information content (AvgIpc) is 2.35. The molecule has 0 saturated carbocycles. The van der Waals surface area contributed by atoms with E-state index in [1.807, 2.05) is 6.07 Å². The van der Waals surface area contributed by atoms with Crippen LogP contribution < -0.4 is 5.32 Å². The third-order valence-electron chi connectivity index (χ3n) is 3.17. The molecule has 3 nitrogen and oxygen atoms in total. The number of hydrogen-bond acceptors (Lipinski definition) is 3. The number of nitrogens with one attached hydrogen (secondary N) is 1. The van der Waals surface area contributed by atoms with Crippen LogP contribution in [0.15, 0.2) is 24.3 Å². The van der Waals surface area contributed by atoms with Gasteiger partial charge in [-0.2, -0.15) is 0 Å². The van der Waals surface area contributed by atoms with E-state index in [1.54, 1.807) is 6.07 Å². The molecule has 5 heteroatoms. The molecule has 1 aromatic carbocycles. The molecule has 1 atom stereocenters. The lowest BCUT2D eigenvalue weighted by molar-refractivity contribution is 0.458. The van der Waals surface area contributed by atoms with Gasteiger partial charge in [0.2, 0.25) is 0 Å². The van der Waals surface area contributed by atoms with E-state index in [1.165, 1.54) is 18.4 Å². The molecule has 1 N–H and O–H groups in total. The highest BCUT2D eigenvalue weighted by Crippen LogP contribution is 2.14. The van der Waals surface area contributed by atoms with Crippen LogP contribution in [-0.4, -0.2) is 33.5 Å². The molecule has 0 bridgehead atoms. The molecule has 1 aromatic rings. The summed E-state index contributed by atoms with van der Waals surface area (Å²) in [6.07, 6.45) is 3.60. The van der Waals surface area contributed by atoms with Crippen molar-refractivity contribution in [1.29, 1.82) is 0 Å². The molecule has 114 valence electrons. The fraction of sp³-hybridized carbons (Fsp3) is 0.600. The van der Waals surface area contributed by atoms with Gasteiger partial charge in [0.25, 0.3) is 0 Å². The van der Waals surface area contributed by atoms with Gasteiger partial charge in [-0.3, -0.25) is 0 Å². The van der Waals surface area contributed by atoms with Gasteiger partial charge in [-0.15, -0.1) is 0 Å². The lowest BCUT2D eigenvalue weighted by atomic mass is 9.96. The summed E-state index contributed by atoms with van der Waals surface area (Å²) in [7, 11) is -2.95. The Hall–Kier alpha value is -0.940. The van der Waals surface area contributed by atoms with Crippen LogP contribution in [0.3, 0.4) is 0 Å². The van der Waals surface area contributed by atoms with Crippen LogP contribution in [0.2, 0.25) is 0 Å². The molecule has 0 saturated heterocycles. The molecule has 0 radical (unpaired) electrons. The first-order valence-corrected chi connectivity index (χ1v) is 9.09. The van der Waals surface area contributed by atoms with Crippen molar-refractivity contribution in [3.05, 3.63) is 35.6 Å². The standard InChI is InChI=1S/C15H24FNO2S/c1-3-8-17-12-14(7-9-20(2,18)19)10-13-5-4-6-15(16)11-13/h4-6,11,14,17H,3,7-10,12H2,1-2H3. The predicted molar refractivity (Wildman–Crippen MR) is 81.1 cm³/mol. The maximum absolute atomic E-state index is 13.2. The second-order valence-electron chi connectivity index (χ2n) is 5.32. The summed E-state index contributed by atoms with van der Waals surface area (Å²) in [4.78, 5) is 0. The smallest absolute Gasteiger partial charge is 0.147 e. The van der Waals surface area contributed by atoms with Crippen LogP contribution in [-0.2, 0) is 16.3 Å². The first kappa shape index (κ1) is 17.1. The minimum atomic E-state index is -2.95. The summed E-state index contributed by atoms with van der Waals surface area (Å²) >= 11 is 0. The zero-order valence-electron chi connectivity index (χ0n) is 12.2. The van der Waals surface area contributed by atoms with Crippen molar-refractivity contribution in [3.8, 4) is 0 Å². The second-order valence-corrected chi connectivity index (χ2v) is 7.58. The van der Waals surface area contributed by atoms with Gasteiger partial charge < -0.3 is 5.32 Å². The van der Waals surface area contributed by atoms with Crippen molar-refractivity contribution >= 4 is 9.84 Å². The third-order valence-corrected chi connectivity index (χ3v) is 4.15. The van der Waals surface area contributed by atoms with Crippen LogP contribution in [0.5, 0.6) is 0 Å². The normalized spacial score (nSPS) is 13.3. The highest BCUT2D eigenvalue weighted by atomic mass is 32.2. The topological polar surface area (TPSA) is 46.2 Å². The molecule has 0 aliphatic heterocycles. The van der Waals surface area contributed by atoms with Crippen LogP contribution in [0, 0.1) is 11.7 Å². The van der Waals surface area contributed by atoms with E-state index in [0.29, 0.717) is 12.8 Å². The largest absolute Gasteiger partial charge is 0.316 e. The molecule has 0 aliphatic carbocycles. The molecule has 1 unspecified atom stereocenters. The van der Waals surface area contributed by atoms with Crippen molar-refractivity contribution in [2.45, 2.75) is 26.2 Å². The van der Waals surface area contributed by atoms with E-state index in [-0.39, 0.29) is 17.5 Å². The second kappa shape index (κ2) is 8.37. The SMILES string of the molecule is CCCNCC(CCS(C)(=O)=O)Cc1cccc(F)c1. The first-order valence-electron chi connectivity index (χ1n) is 7.03. The van der Waals surface area contributed by atoms with Gasteiger partial charge in [0.1, 0.15) is 15.7 Å². The van der Waals surface area contributed by atoms with Crippen molar-refractivity contribution in [2.75, 3.05) is 25.1 Å². The van der Waals surface area contributed by atoms with Gasteiger partial charge in [-0.1, -0.05) is 19.1 Å². The number of hydrogen-bond donors (Lipinski definition) is 1. The van der Waals surface area contributed by atoms with Crippen molar-refractivity contribution in [1.82, 2.24) is 5.32 Å². The number of halogens is 1. The Balaban J connectivity index is 2.61. The van der Waals surface area contributed by atoms with E-state index in [9.17, 15) is 12.8 Å². The highest BCUT2D eigenvalue weighted by Gasteiger charge is 2.13. The molecule has 0 spiro atoms. The van der Waals surface area contributed by atoms with E-state index in [0.717, 1.165) is 25.1 Å². The van der Waals surface area contributed by atoms with E-state index in [2.05, 4.69) is 12.2 Å². The van der Waals surface area contributed by atoms with Crippen LogP contribution in [0.4, 0.5) is 4.39 Å². The molecule has 1 rings (SSSR count). The summed E-state index contributed by atoms with van der Waals surface area (Å²) in [5.41, 5.74) is 0.918. The van der Waals surface area contributed by atoms with Crippen molar-refractivity contribution in [3.63, 3.8) is 0 Å². The van der Waals surface area contributed by atoms with Crippen LogP contribution in [0.25, 0.3) is 0 Å². The fourth-order valence-corrected chi connectivity index (χ4v) is 2.90. The maximum atomic E-state index is 13.2. The number of benzene rings is 1. The van der Waals surface area contributed by atoms with E-state index < -0.39 is 9.84 Å². The average molecular weight is 301 g/mol. The Morgan fingerprint density at radius 2 is 2.10 bits per heavy atom. The van der Waals surface area contributed by atoms with Crippen LogP contribution >= 0.6 is 0 Å². The third kappa shape index (κ3) is 7.60. The summed E-state index contributed by atoms with van der Waals surface area (Å²) in [6.45, 7) is 3.77. The Labute approximate surface area is 121 Å². The zero-order valence-corrected chi connectivity index (χ0v) is 13.0. The Morgan fingerprint density at radius 1 is 1.35 bits per heavy atom.